The highest BCUT2D eigenvalue weighted by Gasteiger charge is 2.33. The molecule has 0 radical (unpaired) electrons. The maximum Gasteiger partial charge on any atom is 0.255 e. The van der Waals surface area contributed by atoms with Gasteiger partial charge in [0.05, 0.1) is 45.9 Å². The zero-order valence-electron chi connectivity index (χ0n) is 17.6. The van der Waals surface area contributed by atoms with Gasteiger partial charge in [-0.25, -0.2) is 13.4 Å². The molecule has 2 N–H and O–H groups in total. The lowest BCUT2D eigenvalue weighted by atomic mass is 10.0. The monoisotopic (exact) mass is 429 g/mol. The quantitative estimate of drug-likeness (QED) is 0.648. The molecule has 9 heteroatoms. The number of sulfone groups is 1. The summed E-state index contributed by atoms with van der Waals surface area (Å²) < 4.78 is 25.5. The van der Waals surface area contributed by atoms with Crippen LogP contribution in [0.4, 0.5) is 0 Å². The Balaban J connectivity index is 1.62. The van der Waals surface area contributed by atoms with Crippen LogP contribution in [0, 0.1) is 19.8 Å². The van der Waals surface area contributed by atoms with Gasteiger partial charge in [-0.05, 0) is 38.3 Å². The number of nitrogens with one attached hydrogen (secondary N) is 2. The molecule has 8 nitrogen and oxygen atoms in total. The Labute approximate surface area is 176 Å². The van der Waals surface area contributed by atoms with Crippen molar-refractivity contribution in [1.29, 1.82) is 0 Å². The SMILES string of the molecule is Cc1nn(C2CCS(=O)(=O)C2)c(C)c1C(=O)NC(c1nc2ccccc2[nH]1)C(C)C. The first-order valence-corrected chi connectivity index (χ1v) is 12.0. The molecule has 30 heavy (non-hydrogen) atoms. The molecule has 0 bridgehead atoms. The van der Waals surface area contributed by atoms with E-state index >= 15 is 0 Å². The Morgan fingerprint density at radius 3 is 2.63 bits per heavy atom. The van der Waals surface area contributed by atoms with Gasteiger partial charge in [-0.2, -0.15) is 5.10 Å². The number of imidazole rings is 1. The van der Waals surface area contributed by atoms with Gasteiger partial charge in [0.25, 0.3) is 5.91 Å². The van der Waals surface area contributed by atoms with E-state index in [9.17, 15) is 13.2 Å². The average Bonchev–Trinajstić information content (AvgIpc) is 3.34. The number of rotatable bonds is 5. The second kappa shape index (κ2) is 7.54. The molecule has 1 amide bonds. The summed E-state index contributed by atoms with van der Waals surface area (Å²) in [5.41, 5.74) is 3.58. The fraction of sp³-hybridized carbons (Fsp3) is 0.476. The summed E-state index contributed by atoms with van der Waals surface area (Å²) in [5, 5.41) is 7.61. The highest BCUT2D eigenvalue weighted by molar-refractivity contribution is 7.91. The number of aryl methyl sites for hydroxylation is 1. The lowest BCUT2D eigenvalue weighted by molar-refractivity contribution is 0.0922. The lowest BCUT2D eigenvalue weighted by Crippen LogP contribution is -2.33. The summed E-state index contributed by atoms with van der Waals surface area (Å²) in [5.74, 6) is 0.841. The van der Waals surface area contributed by atoms with Crippen molar-refractivity contribution in [2.45, 2.75) is 46.2 Å². The van der Waals surface area contributed by atoms with Crippen molar-refractivity contribution < 1.29 is 13.2 Å². The van der Waals surface area contributed by atoms with Crippen molar-refractivity contribution in [2.75, 3.05) is 11.5 Å². The minimum absolute atomic E-state index is 0.0730. The molecule has 3 aromatic rings. The number of benzene rings is 1. The molecule has 0 aliphatic carbocycles. The Hall–Kier alpha value is -2.68. The molecule has 4 rings (SSSR count). The number of aromatic nitrogens is 4. The van der Waals surface area contributed by atoms with Crippen molar-refractivity contribution in [3.63, 3.8) is 0 Å². The van der Waals surface area contributed by atoms with Gasteiger partial charge in [0.2, 0.25) is 0 Å². The number of hydrogen-bond acceptors (Lipinski definition) is 5. The van der Waals surface area contributed by atoms with Crippen LogP contribution >= 0.6 is 0 Å². The minimum atomic E-state index is -3.04. The average molecular weight is 430 g/mol. The fourth-order valence-electron chi connectivity index (χ4n) is 4.20. The number of hydrogen-bond donors (Lipinski definition) is 2. The molecule has 160 valence electrons. The van der Waals surface area contributed by atoms with Gasteiger partial charge < -0.3 is 10.3 Å². The summed E-state index contributed by atoms with van der Waals surface area (Å²) in [6, 6.07) is 7.25. The first-order chi connectivity index (χ1) is 14.2. The predicted octanol–water partition coefficient (Wildman–Crippen LogP) is 2.86. The minimum Gasteiger partial charge on any atom is -0.342 e. The second-order valence-corrected chi connectivity index (χ2v) is 10.6. The number of fused-ring (bicyclic) bond motifs is 1. The molecule has 1 aliphatic rings. The third-order valence-corrected chi connectivity index (χ3v) is 7.51. The number of nitrogens with zero attached hydrogens (tertiary/aromatic N) is 3. The number of aromatic amines is 1. The predicted molar refractivity (Wildman–Crippen MR) is 115 cm³/mol. The van der Waals surface area contributed by atoms with Crippen LogP contribution in [0.5, 0.6) is 0 Å². The Morgan fingerprint density at radius 1 is 1.27 bits per heavy atom. The molecule has 1 aliphatic heterocycles. The van der Waals surface area contributed by atoms with Crippen LogP contribution in [0.3, 0.4) is 0 Å². The van der Waals surface area contributed by atoms with Crippen molar-refractivity contribution >= 4 is 26.8 Å². The molecule has 2 atom stereocenters. The first kappa shape index (κ1) is 20.6. The van der Waals surface area contributed by atoms with Crippen LogP contribution < -0.4 is 5.32 Å². The van der Waals surface area contributed by atoms with Gasteiger partial charge in [0, 0.05) is 5.69 Å². The summed E-state index contributed by atoms with van der Waals surface area (Å²) in [7, 11) is -3.04. The molecule has 0 spiro atoms. The van der Waals surface area contributed by atoms with Gasteiger partial charge in [-0.1, -0.05) is 26.0 Å². The largest absolute Gasteiger partial charge is 0.342 e. The van der Waals surface area contributed by atoms with E-state index in [2.05, 4.69) is 20.4 Å². The Morgan fingerprint density at radius 2 is 2.00 bits per heavy atom. The zero-order chi connectivity index (χ0) is 21.6. The third kappa shape index (κ3) is 3.74. The molecule has 2 unspecified atom stereocenters. The Kier molecular flexibility index (Phi) is 5.17. The van der Waals surface area contributed by atoms with Gasteiger partial charge in [0.15, 0.2) is 9.84 Å². The number of para-hydroxylation sites is 2. The van der Waals surface area contributed by atoms with Crippen LogP contribution in [0.1, 0.15) is 59.9 Å². The summed E-state index contributed by atoms with van der Waals surface area (Å²) in [6.07, 6.45) is 0.527. The van der Waals surface area contributed by atoms with E-state index < -0.39 is 9.84 Å². The van der Waals surface area contributed by atoms with Gasteiger partial charge >= 0.3 is 0 Å². The van der Waals surface area contributed by atoms with E-state index in [-0.39, 0.29) is 35.4 Å². The standard InChI is InChI=1S/C21H27N5O3S/c1-12(2)19(20-22-16-7-5-6-8-17(16)23-20)24-21(27)18-13(3)25-26(14(18)4)15-9-10-30(28,29)11-15/h5-8,12,15,19H,9-11H2,1-4H3,(H,22,23)(H,24,27). The number of H-pyrrole nitrogens is 1. The fourth-order valence-corrected chi connectivity index (χ4v) is 5.89. The molecule has 0 saturated carbocycles. The van der Waals surface area contributed by atoms with Crippen molar-refractivity contribution in [1.82, 2.24) is 25.1 Å². The summed E-state index contributed by atoms with van der Waals surface area (Å²) in [6.45, 7) is 7.67. The van der Waals surface area contributed by atoms with Gasteiger partial charge in [0.1, 0.15) is 5.82 Å². The molecule has 1 saturated heterocycles. The lowest BCUT2D eigenvalue weighted by Gasteiger charge is -2.20. The molecule has 3 heterocycles. The topological polar surface area (TPSA) is 110 Å². The highest BCUT2D eigenvalue weighted by Crippen LogP contribution is 2.28. The normalized spacial score (nSPS) is 19.4. The van der Waals surface area contributed by atoms with Crippen LogP contribution in [-0.2, 0) is 9.84 Å². The maximum absolute atomic E-state index is 13.2. The van der Waals surface area contributed by atoms with Gasteiger partial charge in [-0.3, -0.25) is 9.48 Å². The Bertz CT molecular complexity index is 1180. The van der Waals surface area contributed by atoms with E-state index in [1.165, 1.54) is 0 Å². The number of amides is 1. The van der Waals surface area contributed by atoms with Crippen LogP contribution in [0.2, 0.25) is 0 Å². The highest BCUT2D eigenvalue weighted by atomic mass is 32.2. The summed E-state index contributed by atoms with van der Waals surface area (Å²) in [4.78, 5) is 21.2. The third-order valence-electron chi connectivity index (χ3n) is 5.76. The molecule has 1 fully saturated rings. The van der Waals surface area contributed by atoms with Crippen molar-refractivity contribution in [2.24, 2.45) is 5.92 Å². The first-order valence-electron chi connectivity index (χ1n) is 10.2. The van der Waals surface area contributed by atoms with Crippen molar-refractivity contribution in [3.8, 4) is 0 Å². The molecular weight excluding hydrogens is 402 g/mol. The van der Waals surface area contributed by atoms with E-state index in [0.717, 1.165) is 11.0 Å². The van der Waals surface area contributed by atoms with Crippen LogP contribution in [0.15, 0.2) is 24.3 Å². The number of carbonyl (C=O) groups excluding carboxylic acids is 1. The molecule has 1 aromatic carbocycles. The maximum atomic E-state index is 13.2. The summed E-state index contributed by atoms with van der Waals surface area (Å²) >= 11 is 0. The second-order valence-electron chi connectivity index (χ2n) is 8.38. The van der Waals surface area contributed by atoms with Crippen LogP contribution in [0.25, 0.3) is 11.0 Å². The van der Waals surface area contributed by atoms with E-state index in [1.807, 2.05) is 45.0 Å². The number of carbonyl (C=O) groups is 1. The van der Waals surface area contributed by atoms with Gasteiger partial charge in [-0.15, -0.1) is 0 Å². The molecular formula is C21H27N5O3S. The van der Waals surface area contributed by atoms with Crippen molar-refractivity contribution in [3.05, 3.63) is 47.0 Å². The van der Waals surface area contributed by atoms with E-state index in [0.29, 0.717) is 29.2 Å². The molecule has 2 aromatic heterocycles. The zero-order valence-corrected chi connectivity index (χ0v) is 18.5. The van der Waals surface area contributed by atoms with E-state index in [4.69, 9.17) is 0 Å². The van der Waals surface area contributed by atoms with Crippen LogP contribution in [-0.4, -0.2) is 45.6 Å². The smallest absolute Gasteiger partial charge is 0.255 e. The van der Waals surface area contributed by atoms with E-state index in [1.54, 1.807) is 11.6 Å².